The molecule has 1 aromatic carbocycles. The van der Waals surface area contributed by atoms with Crippen LogP contribution in [-0.4, -0.2) is 48.3 Å². The van der Waals surface area contributed by atoms with Gasteiger partial charge >= 0.3 is 6.03 Å². The average Bonchev–Trinajstić information content (AvgIpc) is 2.68. The van der Waals surface area contributed by atoms with Crippen LogP contribution in [0.4, 0.5) is 4.79 Å². The number of likely N-dealkylation sites (tertiary alicyclic amines) is 1. The van der Waals surface area contributed by atoms with Gasteiger partial charge in [-0.15, -0.1) is 0 Å². The molecule has 1 heterocycles. The Morgan fingerprint density at radius 1 is 1.15 bits per heavy atom. The molecule has 0 spiro atoms. The molecular formula is C21H31N3O3. The van der Waals surface area contributed by atoms with Gasteiger partial charge in [0.2, 0.25) is 5.91 Å². The molecule has 0 aromatic heterocycles. The second-order valence-electron chi connectivity index (χ2n) is 7.35. The predicted molar refractivity (Wildman–Crippen MR) is 106 cm³/mol. The van der Waals surface area contributed by atoms with Gasteiger partial charge in [0.1, 0.15) is 0 Å². The summed E-state index contributed by atoms with van der Waals surface area (Å²) in [4.78, 5) is 38.3. The third-order valence-electron chi connectivity index (χ3n) is 5.14. The van der Waals surface area contributed by atoms with Crippen molar-refractivity contribution in [2.75, 3.05) is 19.6 Å². The zero-order valence-corrected chi connectivity index (χ0v) is 16.6. The van der Waals surface area contributed by atoms with Gasteiger partial charge in [0.25, 0.3) is 0 Å². The first kappa shape index (κ1) is 20.9. The molecular weight excluding hydrogens is 342 g/mol. The maximum atomic E-state index is 12.6. The molecule has 1 aromatic rings. The molecule has 0 aliphatic carbocycles. The molecule has 1 atom stereocenters. The molecule has 1 unspecified atom stereocenters. The van der Waals surface area contributed by atoms with E-state index in [-0.39, 0.29) is 36.1 Å². The fourth-order valence-corrected chi connectivity index (χ4v) is 3.14. The molecule has 0 bridgehead atoms. The van der Waals surface area contributed by atoms with Crippen molar-refractivity contribution in [3.63, 3.8) is 0 Å². The summed E-state index contributed by atoms with van der Waals surface area (Å²) in [7, 11) is 0. The molecule has 6 heteroatoms. The zero-order chi connectivity index (χ0) is 19.8. The average molecular weight is 373 g/mol. The van der Waals surface area contributed by atoms with Crippen LogP contribution < -0.4 is 10.6 Å². The Labute approximate surface area is 161 Å². The van der Waals surface area contributed by atoms with E-state index in [1.807, 2.05) is 45.0 Å². The number of Topliss-reactive ketones (excluding diaryl/α,β-unsaturated/α-hetero) is 1. The quantitative estimate of drug-likeness (QED) is 0.722. The van der Waals surface area contributed by atoms with E-state index < -0.39 is 0 Å². The summed E-state index contributed by atoms with van der Waals surface area (Å²) >= 11 is 0. The van der Waals surface area contributed by atoms with Crippen molar-refractivity contribution < 1.29 is 14.4 Å². The highest BCUT2D eigenvalue weighted by atomic mass is 16.2. The van der Waals surface area contributed by atoms with Gasteiger partial charge in [-0.3, -0.25) is 9.59 Å². The topological polar surface area (TPSA) is 78.5 Å². The third kappa shape index (κ3) is 6.38. The Morgan fingerprint density at radius 2 is 1.78 bits per heavy atom. The van der Waals surface area contributed by atoms with E-state index in [0.717, 1.165) is 17.5 Å². The van der Waals surface area contributed by atoms with Gasteiger partial charge in [-0.05, 0) is 33.1 Å². The second-order valence-corrected chi connectivity index (χ2v) is 7.35. The van der Waals surface area contributed by atoms with Crippen LogP contribution in [0.5, 0.6) is 0 Å². The molecule has 1 aliphatic rings. The van der Waals surface area contributed by atoms with E-state index in [2.05, 4.69) is 10.6 Å². The fraction of sp³-hybridized carbons (Fsp3) is 0.571. The van der Waals surface area contributed by atoms with Crippen LogP contribution in [0.25, 0.3) is 0 Å². The van der Waals surface area contributed by atoms with Gasteiger partial charge < -0.3 is 15.5 Å². The standard InChI is InChI=1S/C21H31N3O3/c1-4-16(3)23-19(25)9-12-22-21(27)24-13-10-18(11-14-24)20(26)17-7-5-15(2)6-8-17/h5-8,16,18H,4,9-14H2,1-3H3,(H,22,27)(H,23,25). The first-order valence-corrected chi connectivity index (χ1v) is 9.83. The van der Waals surface area contributed by atoms with E-state index in [1.54, 1.807) is 4.90 Å². The van der Waals surface area contributed by atoms with Gasteiger partial charge in [0.05, 0.1) is 0 Å². The van der Waals surface area contributed by atoms with Crippen LogP contribution in [-0.2, 0) is 4.79 Å². The Morgan fingerprint density at radius 3 is 2.37 bits per heavy atom. The van der Waals surface area contributed by atoms with E-state index in [0.29, 0.717) is 32.5 Å². The van der Waals surface area contributed by atoms with E-state index in [4.69, 9.17) is 0 Å². The molecule has 27 heavy (non-hydrogen) atoms. The number of benzene rings is 1. The SMILES string of the molecule is CCC(C)NC(=O)CCNC(=O)N1CCC(C(=O)c2ccc(C)cc2)CC1. The number of carbonyl (C=O) groups excluding carboxylic acids is 3. The van der Waals surface area contributed by atoms with Crippen LogP contribution in [0, 0.1) is 12.8 Å². The highest BCUT2D eigenvalue weighted by Gasteiger charge is 2.27. The van der Waals surface area contributed by atoms with Crippen LogP contribution in [0.15, 0.2) is 24.3 Å². The smallest absolute Gasteiger partial charge is 0.317 e. The first-order chi connectivity index (χ1) is 12.9. The highest BCUT2D eigenvalue weighted by molar-refractivity contribution is 5.98. The van der Waals surface area contributed by atoms with E-state index in [9.17, 15) is 14.4 Å². The van der Waals surface area contributed by atoms with Gasteiger partial charge in [-0.2, -0.15) is 0 Å². The van der Waals surface area contributed by atoms with Crippen LogP contribution >= 0.6 is 0 Å². The lowest BCUT2D eigenvalue weighted by Crippen LogP contribution is -2.46. The largest absolute Gasteiger partial charge is 0.354 e. The second kappa shape index (κ2) is 10.1. The molecule has 6 nitrogen and oxygen atoms in total. The lowest BCUT2D eigenvalue weighted by Gasteiger charge is -2.31. The number of amides is 3. The van der Waals surface area contributed by atoms with Crippen LogP contribution in [0.2, 0.25) is 0 Å². The number of hydrogen-bond donors (Lipinski definition) is 2. The van der Waals surface area contributed by atoms with Crippen LogP contribution in [0.3, 0.4) is 0 Å². The maximum absolute atomic E-state index is 12.6. The minimum Gasteiger partial charge on any atom is -0.354 e. The summed E-state index contributed by atoms with van der Waals surface area (Å²) < 4.78 is 0. The predicted octanol–water partition coefficient (Wildman–Crippen LogP) is 2.90. The molecule has 0 saturated carbocycles. The van der Waals surface area contributed by atoms with Gasteiger partial charge in [-0.1, -0.05) is 36.8 Å². The number of urea groups is 1. The number of hydrogen-bond acceptors (Lipinski definition) is 3. The summed E-state index contributed by atoms with van der Waals surface area (Å²) in [6.07, 6.45) is 2.51. The van der Waals surface area contributed by atoms with E-state index >= 15 is 0 Å². The summed E-state index contributed by atoms with van der Waals surface area (Å²) in [6, 6.07) is 7.65. The fourth-order valence-electron chi connectivity index (χ4n) is 3.14. The maximum Gasteiger partial charge on any atom is 0.317 e. The Balaban J connectivity index is 1.71. The summed E-state index contributed by atoms with van der Waals surface area (Å²) in [6.45, 7) is 7.42. The summed E-state index contributed by atoms with van der Waals surface area (Å²) in [5.74, 6) is 0.0851. The number of nitrogens with one attached hydrogen (secondary N) is 2. The summed E-state index contributed by atoms with van der Waals surface area (Å²) in [5.41, 5.74) is 1.88. The molecule has 1 aliphatic heterocycles. The zero-order valence-electron chi connectivity index (χ0n) is 16.6. The van der Waals surface area contributed by atoms with Crippen molar-refractivity contribution in [3.05, 3.63) is 35.4 Å². The molecule has 3 amide bonds. The number of carbonyl (C=O) groups is 3. The summed E-state index contributed by atoms with van der Waals surface area (Å²) in [5, 5.41) is 5.68. The molecule has 1 saturated heterocycles. The van der Waals surface area contributed by atoms with Crippen molar-refractivity contribution in [2.45, 2.75) is 52.5 Å². The number of aryl methyl sites for hydroxylation is 1. The van der Waals surface area contributed by atoms with Gasteiger partial charge in [0.15, 0.2) is 5.78 Å². The first-order valence-electron chi connectivity index (χ1n) is 9.83. The van der Waals surface area contributed by atoms with Crippen molar-refractivity contribution in [3.8, 4) is 0 Å². The minimum atomic E-state index is -0.160. The molecule has 2 N–H and O–H groups in total. The number of nitrogens with zero attached hydrogens (tertiary/aromatic N) is 1. The molecule has 1 fully saturated rings. The molecule has 0 radical (unpaired) electrons. The molecule has 148 valence electrons. The van der Waals surface area contributed by atoms with Crippen LogP contribution in [0.1, 0.15) is 55.5 Å². The van der Waals surface area contributed by atoms with Gasteiger partial charge in [0, 0.05) is 43.6 Å². The normalized spacial score (nSPS) is 15.9. The van der Waals surface area contributed by atoms with Crippen molar-refractivity contribution >= 4 is 17.7 Å². The Hall–Kier alpha value is -2.37. The van der Waals surface area contributed by atoms with Crippen molar-refractivity contribution in [1.29, 1.82) is 0 Å². The Kier molecular flexibility index (Phi) is 7.82. The highest BCUT2D eigenvalue weighted by Crippen LogP contribution is 2.22. The molecule has 2 rings (SSSR count). The number of ketones is 1. The lowest BCUT2D eigenvalue weighted by atomic mass is 9.89. The monoisotopic (exact) mass is 373 g/mol. The van der Waals surface area contributed by atoms with Crippen molar-refractivity contribution in [1.82, 2.24) is 15.5 Å². The van der Waals surface area contributed by atoms with Crippen molar-refractivity contribution in [2.24, 2.45) is 5.92 Å². The lowest BCUT2D eigenvalue weighted by molar-refractivity contribution is -0.121. The van der Waals surface area contributed by atoms with E-state index in [1.165, 1.54) is 0 Å². The van der Waals surface area contributed by atoms with Gasteiger partial charge in [-0.25, -0.2) is 4.79 Å². The third-order valence-corrected chi connectivity index (χ3v) is 5.14. The number of rotatable bonds is 7. The Bertz CT molecular complexity index is 649. The number of piperidine rings is 1. The minimum absolute atomic E-state index is 0.0296.